The average molecular weight is 314 g/mol. The smallest absolute Gasteiger partial charge is 0.269 e. The van der Waals surface area contributed by atoms with Crippen molar-refractivity contribution in [2.24, 2.45) is 0 Å². The van der Waals surface area contributed by atoms with Gasteiger partial charge in [-0.1, -0.05) is 41.9 Å². The minimum Gasteiger partial charge on any atom is -0.482 e. The van der Waals surface area contributed by atoms with Crippen LogP contribution in [0.4, 0.5) is 0 Å². The Kier molecular flexibility index (Phi) is 3.94. The number of halogens is 1. The monoisotopic (exact) mass is 313 g/mol. The minimum absolute atomic E-state index is 0.166. The summed E-state index contributed by atoms with van der Waals surface area (Å²) in [6.07, 6.45) is 2.26. The molecule has 0 saturated carbocycles. The van der Waals surface area contributed by atoms with Crippen LogP contribution < -0.4 is 4.74 Å². The molecule has 22 heavy (non-hydrogen) atoms. The predicted molar refractivity (Wildman–Crippen MR) is 84.9 cm³/mol. The van der Waals surface area contributed by atoms with Crippen molar-refractivity contribution in [1.82, 2.24) is 4.57 Å². The Labute approximate surface area is 131 Å². The zero-order chi connectivity index (χ0) is 15.5. The Balaban J connectivity index is 1.87. The maximum absolute atomic E-state index is 12.4. The van der Waals surface area contributed by atoms with Gasteiger partial charge < -0.3 is 4.74 Å². The highest BCUT2D eigenvalue weighted by atomic mass is 35.5. The predicted octanol–water partition coefficient (Wildman–Crippen LogP) is 3.83. The third-order valence-electron chi connectivity index (χ3n) is 3.33. The van der Waals surface area contributed by atoms with Gasteiger partial charge >= 0.3 is 0 Å². The number of para-hydroxylation sites is 2. The van der Waals surface area contributed by atoms with Crippen molar-refractivity contribution in [2.45, 2.75) is 0 Å². The standard InChI is InChI=1S/C17H12ClNO3/c18-14-6-2-4-8-16(14)22-11-17(21)19-9-12(10-20)13-5-1-3-7-15(13)19/h1-10H,11H2. The average Bonchev–Trinajstić information content (AvgIpc) is 2.93. The molecule has 110 valence electrons. The normalized spacial score (nSPS) is 10.6. The van der Waals surface area contributed by atoms with Crippen molar-refractivity contribution in [3.05, 3.63) is 65.3 Å². The molecule has 0 unspecified atom stereocenters. The molecule has 0 saturated heterocycles. The Hall–Kier alpha value is -2.59. The number of benzene rings is 2. The largest absolute Gasteiger partial charge is 0.482 e. The van der Waals surface area contributed by atoms with Gasteiger partial charge in [-0.15, -0.1) is 0 Å². The van der Waals surface area contributed by atoms with E-state index in [0.29, 0.717) is 21.9 Å². The van der Waals surface area contributed by atoms with Crippen LogP contribution in [0.1, 0.15) is 15.2 Å². The zero-order valence-electron chi connectivity index (χ0n) is 11.5. The number of aldehydes is 1. The van der Waals surface area contributed by atoms with E-state index in [0.717, 1.165) is 11.7 Å². The molecule has 3 rings (SSSR count). The topological polar surface area (TPSA) is 48.3 Å². The third kappa shape index (κ3) is 2.61. The summed E-state index contributed by atoms with van der Waals surface area (Å²) in [7, 11) is 0. The maximum Gasteiger partial charge on any atom is 0.269 e. The second kappa shape index (κ2) is 6.03. The number of ether oxygens (including phenoxy) is 1. The first-order valence-electron chi connectivity index (χ1n) is 6.66. The second-order valence-electron chi connectivity index (χ2n) is 4.70. The summed E-state index contributed by atoms with van der Waals surface area (Å²) in [5.41, 5.74) is 1.15. The lowest BCUT2D eigenvalue weighted by Crippen LogP contribution is -2.18. The molecule has 1 heterocycles. The van der Waals surface area contributed by atoms with E-state index in [1.54, 1.807) is 36.4 Å². The Bertz CT molecular complexity index is 854. The van der Waals surface area contributed by atoms with E-state index < -0.39 is 0 Å². The molecule has 0 aliphatic heterocycles. The fourth-order valence-electron chi connectivity index (χ4n) is 2.28. The van der Waals surface area contributed by atoms with Crippen molar-refractivity contribution in [2.75, 3.05) is 6.61 Å². The van der Waals surface area contributed by atoms with E-state index in [-0.39, 0.29) is 12.5 Å². The molecule has 0 bridgehead atoms. The first-order chi connectivity index (χ1) is 10.7. The molecule has 0 amide bonds. The molecule has 2 aromatic carbocycles. The van der Waals surface area contributed by atoms with Crippen LogP contribution in [0.25, 0.3) is 10.9 Å². The summed E-state index contributed by atoms with van der Waals surface area (Å²) in [6, 6.07) is 14.2. The fraction of sp³-hybridized carbons (Fsp3) is 0.0588. The summed E-state index contributed by atoms with van der Waals surface area (Å²) >= 11 is 5.99. The number of hydrogen-bond acceptors (Lipinski definition) is 3. The van der Waals surface area contributed by atoms with E-state index >= 15 is 0 Å². The molecule has 0 aliphatic rings. The van der Waals surface area contributed by atoms with Crippen LogP contribution in [0.3, 0.4) is 0 Å². The van der Waals surface area contributed by atoms with E-state index in [1.807, 2.05) is 12.1 Å². The number of carbonyl (C=O) groups excluding carboxylic acids is 2. The van der Waals surface area contributed by atoms with Crippen LogP contribution in [0, 0.1) is 0 Å². The molecule has 0 N–H and O–H groups in total. The van der Waals surface area contributed by atoms with Crippen LogP contribution in [0.15, 0.2) is 54.7 Å². The van der Waals surface area contributed by atoms with Gasteiger partial charge in [-0.2, -0.15) is 0 Å². The molecule has 0 spiro atoms. The van der Waals surface area contributed by atoms with Gasteiger partial charge in [0.1, 0.15) is 5.75 Å². The molecule has 0 aliphatic carbocycles. The first kappa shape index (κ1) is 14.4. The number of nitrogens with zero attached hydrogens (tertiary/aromatic N) is 1. The van der Waals surface area contributed by atoms with Gasteiger partial charge in [0.2, 0.25) is 0 Å². The van der Waals surface area contributed by atoms with Gasteiger partial charge in [0.05, 0.1) is 10.5 Å². The van der Waals surface area contributed by atoms with Gasteiger partial charge in [0.25, 0.3) is 5.91 Å². The van der Waals surface area contributed by atoms with Crippen LogP contribution in [0.5, 0.6) is 5.75 Å². The quantitative estimate of drug-likeness (QED) is 0.688. The highest BCUT2D eigenvalue weighted by Crippen LogP contribution is 2.24. The number of aromatic nitrogens is 1. The van der Waals surface area contributed by atoms with Gasteiger partial charge in [0, 0.05) is 17.1 Å². The van der Waals surface area contributed by atoms with Gasteiger partial charge in [-0.25, -0.2) is 0 Å². The lowest BCUT2D eigenvalue weighted by Gasteiger charge is -2.08. The van der Waals surface area contributed by atoms with Crippen LogP contribution >= 0.6 is 11.6 Å². The molecular weight excluding hydrogens is 302 g/mol. The molecule has 0 fully saturated rings. The van der Waals surface area contributed by atoms with Crippen molar-refractivity contribution in [3.63, 3.8) is 0 Å². The van der Waals surface area contributed by atoms with E-state index in [1.165, 1.54) is 10.8 Å². The highest BCUT2D eigenvalue weighted by Gasteiger charge is 2.14. The number of hydrogen-bond donors (Lipinski definition) is 0. The number of carbonyl (C=O) groups is 2. The highest BCUT2D eigenvalue weighted by molar-refractivity contribution is 6.32. The van der Waals surface area contributed by atoms with Crippen molar-refractivity contribution in [1.29, 1.82) is 0 Å². The lowest BCUT2D eigenvalue weighted by molar-refractivity contribution is 0.0843. The van der Waals surface area contributed by atoms with Gasteiger partial charge in [-0.05, 0) is 18.2 Å². The van der Waals surface area contributed by atoms with E-state index in [9.17, 15) is 9.59 Å². The summed E-state index contributed by atoms with van der Waals surface area (Å²) in [5.74, 6) is 0.175. The Morgan fingerprint density at radius 1 is 1.14 bits per heavy atom. The minimum atomic E-state index is -0.274. The van der Waals surface area contributed by atoms with Crippen molar-refractivity contribution in [3.8, 4) is 5.75 Å². The number of fused-ring (bicyclic) bond motifs is 1. The molecule has 3 aromatic rings. The van der Waals surface area contributed by atoms with E-state index in [4.69, 9.17) is 16.3 Å². The molecule has 4 nitrogen and oxygen atoms in total. The summed E-state index contributed by atoms with van der Waals surface area (Å²) in [4.78, 5) is 23.5. The SMILES string of the molecule is O=Cc1cn(C(=O)COc2ccccc2Cl)c2ccccc12. The Morgan fingerprint density at radius 2 is 1.86 bits per heavy atom. The first-order valence-corrected chi connectivity index (χ1v) is 7.04. The van der Waals surface area contributed by atoms with Crippen molar-refractivity contribution >= 4 is 34.7 Å². The van der Waals surface area contributed by atoms with Crippen LogP contribution in [-0.4, -0.2) is 23.4 Å². The molecule has 5 heteroatoms. The summed E-state index contributed by atoms with van der Waals surface area (Å²) in [5, 5.41) is 1.19. The zero-order valence-corrected chi connectivity index (χ0v) is 12.3. The van der Waals surface area contributed by atoms with Crippen LogP contribution in [-0.2, 0) is 0 Å². The van der Waals surface area contributed by atoms with Gasteiger partial charge in [0.15, 0.2) is 12.9 Å². The van der Waals surface area contributed by atoms with Crippen molar-refractivity contribution < 1.29 is 14.3 Å². The summed E-state index contributed by atoms with van der Waals surface area (Å²) < 4.78 is 6.88. The second-order valence-corrected chi connectivity index (χ2v) is 5.11. The molecule has 0 atom stereocenters. The molecular formula is C17H12ClNO3. The van der Waals surface area contributed by atoms with Gasteiger partial charge in [-0.3, -0.25) is 14.2 Å². The number of rotatable bonds is 4. The van der Waals surface area contributed by atoms with Crippen LogP contribution in [0.2, 0.25) is 5.02 Å². The maximum atomic E-state index is 12.4. The third-order valence-corrected chi connectivity index (χ3v) is 3.64. The molecule has 1 aromatic heterocycles. The Morgan fingerprint density at radius 3 is 2.64 bits per heavy atom. The lowest BCUT2D eigenvalue weighted by atomic mass is 10.2. The summed E-state index contributed by atoms with van der Waals surface area (Å²) in [6.45, 7) is -0.166. The fourth-order valence-corrected chi connectivity index (χ4v) is 2.47. The van der Waals surface area contributed by atoms with E-state index in [2.05, 4.69) is 0 Å². The molecule has 0 radical (unpaired) electrons.